The molecule has 0 unspecified atom stereocenters. The van der Waals surface area contributed by atoms with Crippen molar-refractivity contribution in [2.24, 2.45) is 11.8 Å². The first-order chi connectivity index (χ1) is 17.4. The van der Waals surface area contributed by atoms with Crippen LogP contribution in [0.15, 0.2) is 47.4 Å². The third-order valence-corrected chi connectivity index (χ3v) is 8.80. The number of carbonyl (C=O) groups excluding carboxylic acids is 1. The molecular formula is C27H37ClN4O3S2. The van der Waals surface area contributed by atoms with Crippen molar-refractivity contribution in [1.29, 1.82) is 0 Å². The molecule has 3 rings (SSSR count). The average molecular weight is 565 g/mol. The molecule has 202 valence electrons. The molecule has 0 fully saturated rings. The van der Waals surface area contributed by atoms with Gasteiger partial charge in [0.05, 0.1) is 15.1 Å². The number of nitrogens with zero attached hydrogens (tertiary/aromatic N) is 4. The number of sulfonamides is 1. The minimum absolute atomic E-state index is 0.194. The van der Waals surface area contributed by atoms with E-state index in [2.05, 4.69) is 9.88 Å². The van der Waals surface area contributed by atoms with Crippen molar-refractivity contribution in [3.05, 3.63) is 53.1 Å². The Kier molecular flexibility index (Phi) is 10.1. The lowest BCUT2D eigenvalue weighted by atomic mass is 10.2. The van der Waals surface area contributed by atoms with Crippen LogP contribution in [0, 0.1) is 11.8 Å². The van der Waals surface area contributed by atoms with Crippen LogP contribution in [0.25, 0.3) is 10.2 Å². The molecule has 1 heterocycles. The van der Waals surface area contributed by atoms with Crippen LogP contribution in [0.3, 0.4) is 0 Å². The second-order valence-electron chi connectivity index (χ2n) is 10.4. The zero-order chi connectivity index (χ0) is 27.3. The molecule has 3 aromatic rings. The number of halogens is 1. The number of hydrogen-bond donors (Lipinski definition) is 0. The molecule has 0 radical (unpaired) electrons. The van der Waals surface area contributed by atoms with Crippen molar-refractivity contribution in [3.63, 3.8) is 0 Å². The predicted octanol–water partition coefficient (Wildman–Crippen LogP) is 5.85. The summed E-state index contributed by atoms with van der Waals surface area (Å²) in [7, 11) is 0.315. The highest BCUT2D eigenvalue weighted by atomic mass is 35.5. The minimum Gasteiger partial charge on any atom is -0.309 e. The molecule has 0 saturated carbocycles. The van der Waals surface area contributed by atoms with Crippen LogP contribution >= 0.6 is 22.9 Å². The molecule has 7 nitrogen and oxygen atoms in total. The molecule has 0 aliphatic rings. The molecule has 10 heteroatoms. The van der Waals surface area contributed by atoms with E-state index in [1.807, 2.05) is 53.9 Å². The summed E-state index contributed by atoms with van der Waals surface area (Å²) in [5.74, 6) is 0.191. The topological polar surface area (TPSA) is 73.8 Å². The molecule has 0 saturated heterocycles. The highest BCUT2D eigenvalue weighted by Gasteiger charge is 2.27. The number of thiazole rings is 1. The second-order valence-corrected chi connectivity index (χ2v) is 13.7. The molecule has 0 bridgehead atoms. The van der Waals surface area contributed by atoms with Crippen molar-refractivity contribution in [1.82, 2.24) is 14.2 Å². The van der Waals surface area contributed by atoms with E-state index in [1.165, 1.54) is 23.5 Å². The Labute approximate surface area is 230 Å². The first kappa shape index (κ1) is 29.5. The second kappa shape index (κ2) is 12.7. The fourth-order valence-corrected chi connectivity index (χ4v) is 7.02. The van der Waals surface area contributed by atoms with E-state index in [1.54, 1.807) is 27.4 Å². The van der Waals surface area contributed by atoms with Crippen LogP contribution in [0.4, 0.5) is 5.13 Å². The lowest BCUT2D eigenvalue weighted by molar-refractivity contribution is 0.0986. The normalized spacial score (nSPS) is 12.4. The number of hydrogen-bond acceptors (Lipinski definition) is 6. The molecule has 1 amide bonds. The molecule has 1 aromatic heterocycles. The number of rotatable bonds is 12. The summed E-state index contributed by atoms with van der Waals surface area (Å²) in [4.78, 5) is 22.3. The number of carbonyl (C=O) groups is 1. The van der Waals surface area contributed by atoms with Crippen LogP contribution in [0.1, 0.15) is 44.5 Å². The van der Waals surface area contributed by atoms with Crippen molar-refractivity contribution in [2.45, 2.75) is 39.0 Å². The van der Waals surface area contributed by atoms with Gasteiger partial charge in [0, 0.05) is 30.2 Å². The summed E-state index contributed by atoms with van der Waals surface area (Å²) in [5, 5.41) is 1.21. The number of benzene rings is 2. The van der Waals surface area contributed by atoms with Crippen molar-refractivity contribution >= 4 is 54.2 Å². The predicted molar refractivity (Wildman–Crippen MR) is 154 cm³/mol. The van der Waals surface area contributed by atoms with Gasteiger partial charge in [0.2, 0.25) is 10.0 Å². The van der Waals surface area contributed by atoms with Gasteiger partial charge < -0.3 is 4.90 Å². The highest BCUT2D eigenvalue weighted by Crippen LogP contribution is 2.32. The van der Waals surface area contributed by atoms with E-state index in [-0.39, 0.29) is 22.6 Å². The Hall–Kier alpha value is -2.04. The maximum atomic E-state index is 13.6. The standard InChI is InChI=1S/C27H37ClN4O3S2/c1-19(2)17-31(18-20(3)4)37(34,35)23-11-8-21(9-12-23)26(33)32(15-7-14-30(5)6)27-29-24-13-10-22(28)16-25(24)36-27/h8-13,16,19-20H,7,14-15,17-18H2,1-6H3. The van der Waals surface area contributed by atoms with Gasteiger partial charge in [-0.3, -0.25) is 9.69 Å². The zero-order valence-corrected chi connectivity index (χ0v) is 24.8. The van der Waals surface area contributed by atoms with Gasteiger partial charge in [0.25, 0.3) is 5.91 Å². The first-order valence-electron chi connectivity index (χ1n) is 12.5. The maximum absolute atomic E-state index is 13.6. The van der Waals surface area contributed by atoms with Crippen molar-refractivity contribution < 1.29 is 13.2 Å². The summed E-state index contributed by atoms with van der Waals surface area (Å²) in [6.07, 6.45) is 0.765. The summed E-state index contributed by atoms with van der Waals surface area (Å²) >= 11 is 7.57. The van der Waals surface area contributed by atoms with Crippen LogP contribution in [-0.4, -0.2) is 68.8 Å². The largest absolute Gasteiger partial charge is 0.309 e. The maximum Gasteiger partial charge on any atom is 0.260 e. The smallest absolute Gasteiger partial charge is 0.260 e. The number of aromatic nitrogens is 1. The Balaban J connectivity index is 1.90. The SMILES string of the molecule is CC(C)CN(CC(C)C)S(=O)(=O)c1ccc(C(=O)N(CCCN(C)C)c2nc3ccc(Cl)cc3s2)cc1. The fourth-order valence-electron chi connectivity index (χ4n) is 3.99. The Morgan fingerprint density at radius 1 is 0.973 bits per heavy atom. The van der Waals surface area contributed by atoms with Crippen molar-refractivity contribution in [3.8, 4) is 0 Å². The summed E-state index contributed by atoms with van der Waals surface area (Å²) < 4.78 is 29.2. The average Bonchev–Trinajstić information content (AvgIpc) is 3.23. The van der Waals surface area contributed by atoms with E-state index in [4.69, 9.17) is 11.6 Å². The van der Waals surface area contributed by atoms with Gasteiger partial charge in [-0.15, -0.1) is 0 Å². The molecule has 0 aliphatic heterocycles. The van der Waals surface area contributed by atoms with Gasteiger partial charge in [-0.05, 0) is 81.4 Å². The van der Waals surface area contributed by atoms with Crippen LogP contribution in [0.2, 0.25) is 5.02 Å². The molecule has 2 aromatic carbocycles. The van der Waals surface area contributed by atoms with Gasteiger partial charge in [-0.1, -0.05) is 50.6 Å². The molecular weight excluding hydrogens is 528 g/mol. The molecule has 0 N–H and O–H groups in total. The van der Waals surface area contributed by atoms with Gasteiger partial charge in [-0.25, -0.2) is 13.4 Å². The quantitative estimate of drug-likeness (QED) is 0.276. The van der Waals surface area contributed by atoms with Gasteiger partial charge in [0.15, 0.2) is 5.13 Å². The van der Waals surface area contributed by atoms with E-state index in [0.717, 1.165) is 23.2 Å². The van der Waals surface area contributed by atoms with E-state index < -0.39 is 10.0 Å². The van der Waals surface area contributed by atoms with Gasteiger partial charge >= 0.3 is 0 Å². The van der Waals surface area contributed by atoms with Crippen LogP contribution < -0.4 is 4.90 Å². The lowest BCUT2D eigenvalue weighted by Gasteiger charge is -2.26. The van der Waals surface area contributed by atoms with Crippen molar-refractivity contribution in [2.75, 3.05) is 45.2 Å². The first-order valence-corrected chi connectivity index (χ1v) is 15.1. The molecule has 37 heavy (non-hydrogen) atoms. The number of amides is 1. The number of anilines is 1. The third-order valence-electron chi connectivity index (χ3n) is 5.68. The fraction of sp³-hybridized carbons (Fsp3) is 0.481. The Bertz CT molecular complexity index is 1290. The van der Waals surface area contributed by atoms with E-state index in [9.17, 15) is 13.2 Å². The summed E-state index contributed by atoms with van der Waals surface area (Å²) in [5.41, 5.74) is 1.20. The summed E-state index contributed by atoms with van der Waals surface area (Å²) in [6, 6.07) is 11.7. The number of fused-ring (bicyclic) bond motifs is 1. The van der Waals surface area contributed by atoms with Gasteiger partial charge in [-0.2, -0.15) is 4.31 Å². The highest BCUT2D eigenvalue weighted by molar-refractivity contribution is 7.89. The minimum atomic E-state index is -3.67. The van der Waals surface area contributed by atoms with Gasteiger partial charge in [0.1, 0.15) is 0 Å². The van der Waals surface area contributed by atoms with E-state index >= 15 is 0 Å². The lowest BCUT2D eigenvalue weighted by Crippen LogP contribution is -2.37. The Morgan fingerprint density at radius 2 is 1.59 bits per heavy atom. The molecule has 0 atom stereocenters. The van der Waals surface area contributed by atoms with E-state index in [0.29, 0.717) is 35.4 Å². The zero-order valence-electron chi connectivity index (χ0n) is 22.4. The monoisotopic (exact) mass is 564 g/mol. The third kappa shape index (κ3) is 7.74. The van der Waals surface area contributed by atoms with Crippen LogP contribution in [0.5, 0.6) is 0 Å². The summed E-state index contributed by atoms with van der Waals surface area (Å²) in [6.45, 7) is 10.2. The Morgan fingerprint density at radius 3 is 2.16 bits per heavy atom. The molecule has 0 aliphatic carbocycles. The molecule has 0 spiro atoms. The van der Waals surface area contributed by atoms with Crippen LogP contribution in [-0.2, 0) is 10.0 Å².